The van der Waals surface area contributed by atoms with Crippen molar-refractivity contribution in [1.29, 1.82) is 0 Å². The molecule has 2 fully saturated rings. The fourth-order valence-corrected chi connectivity index (χ4v) is 5.76. The number of rotatable bonds is 10. The third kappa shape index (κ3) is 5.95. The molecule has 0 radical (unpaired) electrons. The number of methoxy groups -OCH3 is 2. The molecule has 2 aliphatic rings. The fourth-order valence-electron chi connectivity index (χ4n) is 5.27. The molecule has 4 rings (SSSR count). The minimum atomic E-state index is -2.18. The Labute approximate surface area is 208 Å². The van der Waals surface area contributed by atoms with Crippen molar-refractivity contribution < 1.29 is 23.0 Å². The second kappa shape index (κ2) is 11.9. The number of nitrogens with one attached hydrogen (secondary N) is 1. The van der Waals surface area contributed by atoms with Crippen molar-refractivity contribution in [1.82, 2.24) is 29.5 Å². The van der Waals surface area contributed by atoms with E-state index in [1.165, 1.54) is 0 Å². The Morgan fingerprint density at radius 2 is 1.86 bits per heavy atom. The molecule has 11 nitrogen and oxygen atoms in total. The van der Waals surface area contributed by atoms with Crippen molar-refractivity contribution in [2.75, 3.05) is 20.8 Å². The van der Waals surface area contributed by atoms with Crippen molar-refractivity contribution in [3.8, 4) is 0 Å². The van der Waals surface area contributed by atoms with Gasteiger partial charge in [-0.25, -0.2) is 18.9 Å². The van der Waals surface area contributed by atoms with Crippen LogP contribution in [0.15, 0.2) is 12.4 Å². The van der Waals surface area contributed by atoms with Crippen LogP contribution in [0.1, 0.15) is 80.1 Å². The summed E-state index contributed by atoms with van der Waals surface area (Å²) in [4.78, 5) is 9.06. The van der Waals surface area contributed by atoms with Crippen LogP contribution in [0.4, 0.5) is 0 Å². The average molecular weight is 509 g/mol. The maximum absolute atomic E-state index is 11.6. The van der Waals surface area contributed by atoms with Crippen LogP contribution in [-0.2, 0) is 31.9 Å². The predicted octanol–water partition coefficient (Wildman–Crippen LogP) is 2.42. The van der Waals surface area contributed by atoms with Gasteiger partial charge in [-0.2, -0.15) is 0 Å². The monoisotopic (exact) mass is 508 g/mol. The molecule has 1 saturated heterocycles. The summed E-state index contributed by atoms with van der Waals surface area (Å²) in [6.07, 6.45) is 8.37. The Balaban J connectivity index is 1.77. The minimum Gasteiger partial charge on any atom is -0.379 e. The Bertz CT molecular complexity index is 971. The minimum absolute atomic E-state index is 0.0572. The lowest BCUT2D eigenvalue weighted by Gasteiger charge is -2.39. The number of aryl methyl sites for hydroxylation is 1. The zero-order chi connectivity index (χ0) is 24.9. The van der Waals surface area contributed by atoms with Crippen LogP contribution in [0, 0.1) is 6.92 Å². The van der Waals surface area contributed by atoms with E-state index >= 15 is 0 Å². The van der Waals surface area contributed by atoms with Crippen LogP contribution in [0.5, 0.6) is 0 Å². The maximum Gasteiger partial charge on any atom is 0.231 e. The van der Waals surface area contributed by atoms with E-state index in [2.05, 4.69) is 29.5 Å². The molecular weight excluding hydrogens is 472 g/mol. The van der Waals surface area contributed by atoms with Gasteiger partial charge in [0.05, 0.1) is 18.2 Å². The SMILES string of the molecule is CO[C@H]1CCC[C@@H](OC)C1n1c(C[C@@H](c2ncc(C)cn2)[C@@H](C)NS(=O)O)nnc1[C@@H]1CCCO1. The number of hydrogen-bond donors (Lipinski definition) is 2. The Morgan fingerprint density at radius 1 is 1.17 bits per heavy atom. The van der Waals surface area contributed by atoms with E-state index in [0.29, 0.717) is 18.9 Å². The Kier molecular flexibility index (Phi) is 8.95. The van der Waals surface area contributed by atoms with Crippen LogP contribution in [-0.4, -0.2) is 72.6 Å². The summed E-state index contributed by atoms with van der Waals surface area (Å²) in [7, 11) is 3.47. The lowest BCUT2D eigenvalue weighted by Crippen LogP contribution is -2.42. The van der Waals surface area contributed by atoms with Gasteiger partial charge in [-0.05, 0) is 51.5 Å². The van der Waals surface area contributed by atoms with Crippen molar-refractivity contribution in [2.45, 2.75) is 88.7 Å². The molecule has 2 aromatic heterocycles. The highest BCUT2D eigenvalue weighted by Crippen LogP contribution is 2.38. The van der Waals surface area contributed by atoms with E-state index in [9.17, 15) is 8.76 Å². The summed E-state index contributed by atoms with van der Waals surface area (Å²) in [6, 6.07) is -0.513. The molecule has 1 aliphatic heterocycles. The zero-order valence-corrected chi connectivity index (χ0v) is 21.6. The first-order valence-corrected chi connectivity index (χ1v) is 13.3. The first kappa shape index (κ1) is 26.2. The predicted molar refractivity (Wildman–Crippen MR) is 129 cm³/mol. The summed E-state index contributed by atoms with van der Waals surface area (Å²) in [5, 5.41) is 9.22. The van der Waals surface area contributed by atoms with E-state index in [1.807, 2.05) is 13.8 Å². The first-order chi connectivity index (χ1) is 16.9. The van der Waals surface area contributed by atoms with E-state index < -0.39 is 17.3 Å². The molecule has 0 amide bonds. The standard InChI is InChI=1S/C23H36N6O5S/c1-14-12-24-22(25-13-14)16(15(2)28-35(30)31)11-20-26-27-23(19-9-6-10-34-19)29(20)21-17(32-3)7-5-8-18(21)33-4/h12-13,15-19,21,28H,5-11H2,1-4H3,(H,30,31)/t15-,16-,17-,18+,19+,21?/m1/s1. The fraction of sp³-hybridized carbons (Fsp3) is 0.739. The molecule has 12 heteroatoms. The molecular formula is C23H36N6O5S. The van der Waals surface area contributed by atoms with Crippen LogP contribution in [0.25, 0.3) is 0 Å². The molecule has 7 atom stereocenters. The second-order valence-electron chi connectivity index (χ2n) is 9.40. The van der Waals surface area contributed by atoms with E-state index in [1.54, 1.807) is 26.6 Å². The van der Waals surface area contributed by atoms with Gasteiger partial charge < -0.3 is 18.8 Å². The summed E-state index contributed by atoms with van der Waals surface area (Å²) < 4.78 is 43.8. The largest absolute Gasteiger partial charge is 0.379 e. The molecule has 2 unspecified atom stereocenters. The van der Waals surface area contributed by atoms with Crippen molar-refractivity contribution in [3.63, 3.8) is 0 Å². The Hall–Kier alpha value is -1.83. The number of nitrogens with zero attached hydrogens (tertiary/aromatic N) is 5. The summed E-state index contributed by atoms with van der Waals surface area (Å²) in [5.74, 6) is 1.77. The number of aromatic nitrogens is 5. The van der Waals surface area contributed by atoms with Crippen molar-refractivity contribution in [3.05, 3.63) is 35.4 Å². The van der Waals surface area contributed by atoms with Crippen LogP contribution in [0.3, 0.4) is 0 Å². The molecule has 194 valence electrons. The first-order valence-electron chi connectivity index (χ1n) is 12.2. The van der Waals surface area contributed by atoms with Crippen molar-refractivity contribution >= 4 is 11.3 Å². The molecule has 0 bridgehead atoms. The molecule has 3 heterocycles. The van der Waals surface area contributed by atoms with E-state index in [4.69, 9.17) is 14.2 Å². The lowest BCUT2D eigenvalue weighted by atomic mass is 9.88. The topological polar surface area (TPSA) is 134 Å². The molecule has 0 aromatic carbocycles. The maximum atomic E-state index is 11.6. The van der Waals surface area contributed by atoms with Crippen LogP contribution in [0.2, 0.25) is 0 Å². The van der Waals surface area contributed by atoms with Gasteiger partial charge in [0.25, 0.3) is 0 Å². The molecule has 0 spiro atoms. The van der Waals surface area contributed by atoms with Gasteiger partial charge in [0.2, 0.25) is 11.3 Å². The van der Waals surface area contributed by atoms with Crippen molar-refractivity contribution in [2.24, 2.45) is 0 Å². The highest BCUT2D eigenvalue weighted by atomic mass is 32.2. The number of hydrogen-bond acceptors (Lipinski definition) is 8. The summed E-state index contributed by atoms with van der Waals surface area (Å²) >= 11 is -2.18. The quantitative estimate of drug-likeness (QED) is 0.464. The smallest absolute Gasteiger partial charge is 0.231 e. The third-order valence-corrected chi connectivity index (χ3v) is 7.65. The van der Waals surface area contributed by atoms with Gasteiger partial charge in [0.1, 0.15) is 17.8 Å². The normalized spacial score (nSPS) is 27.6. The van der Waals surface area contributed by atoms with Gasteiger partial charge in [-0.15, -0.1) is 10.2 Å². The molecule has 2 N–H and O–H groups in total. The van der Waals surface area contributed by atoms with Gasteiger partial charge in [-0.1, -0.05) is 0 Å². The average Bonchev–Trinajstić information content (AvgIpc) is 3.52. The van der Waals surface area contributed by atoms with E-state index in [-0.39, 0.29) is 30.3 Å². The zero-order valence-electron chi connectivity index (χ0n) is 20.8. The highest BCUT2D eigenvalue weighted by Gasteiger charge is 2.40. The number of ether oxygens (including phenoxy) is 3. The molecule has 2 aromatic rings. The highest BCUT2D eigenvalue weighted by molar-refractivity contribution is 7.77. The van der Waals surface area contributed by atoms with Gasteiger partial charge in [0.15, 0.2) is 5.82 Å². The van der Waals surface area contributed by atoms with Gasteiger partial charge in [0, 0.05) is 51.6 Å². The van der Waals surface area contributed by atoms with Gasteiger partial charge >= 0.3 is 0 Å². The van der Waals surface area contributed by atoms with Gasteiger partial charge in [-0.3, -0.25) is 4.55 Å². The molecule has 1 saturated carbocycles. The van der Waals surface area contributed by atoms with Crippen LogP contribution >= 0.6 is 0 Å². The second-order valence-corrected chi connectivity index (χ2v) is 10.1. The van der Waals surface area contributed by atoms with Crippen LogP contribution < -0.4 is 4.72 Å². The molecule has 1 aliphatic carbocycles. The summed E-state index contributed by atoms with van der Waals surface area (Å²) in [6.45, 7) is 4.47. The summed E-state index contributed by atoms with van der Waals surface area (Å²) in [5.41, 5.74) is 0.941. The third-order valence-electron chi connectivity index (χ3n) is 7.08. The van der Waals surface area contributed by atoms with E-state index in [0.717, 1.165) is 49.3 Å². The lowest BCUT2D eigenvalue weighted by molar-refractivity contribution is -0.0598. The Morgan fingerprint density at radius 3 is 2.43 bits per heavy atom. The molecule has 35 heavy (non-hydrogen) atoms.